The van der Waals surface area contributed by atoms with Crippen molar-refractivity contribution in [2.75, 3.05) is 39.0 Å². The first-order valence-corrected chi connectivity index (χ1v) is 7.41. The molecule has 1 saturated heterocycles. The van der Waals surface area contributed by atoms with Gasteiger partial charge in [-0.05, 0) is 19.2 Å². The van der Waals surface area contributed by atoms with Crippen LogP contribution in [0.5, 0.6) is 0 Å². The van der Waals surface area contributed by atoms with E-state index in [0.29, 0.717) is 11.6 Å². The van der Waals surface area contributed by atoms with Gasteiger partial charge in [-0.1, -0.05) is 23.7 Å². The summed E-state index contributed by atoms with van der Waals surface area (Å²) in [6.07, 6.45) is 0. The van der Waals surface area contributed by atoms with Crippen molar-refractivity contribution in [3.8, 4) is 0 Å². The molecule has 0 saturated carbocycles. The maximum absolute atomic E-state index is 8.11. The van der Waals surface area contributed by atoms with Crippen molar-refractivity contribution in [3.05, 3.63) is 29.3 Å². The molecule has 0 unspecified atom stereocenters. The van der Waals surface area contributed by atoms with Crippen molar-refractivity contribution in [1.82, 2.24) is 9.80 Å². The summed E-state index contributed by atoms with van der Waals surface area (Å²) in [6, 6.07) is 7.81. The van der Waals surface area contributed by atoms with Gasteiger partial charge in [-0.3, -0.25) is 5.41 Å². The molecule has 0 aromatic heterocycles. The Kier molecular flexibility index (Phi) is 4.92. The normalized spacial score (nSPS) is 16.9. The first-order chi connectivity index (χ1) is 8.66. The van der Waals surface area contributed by atoms with Crippen LogP contribution in [-0.4, -0.2) is 54.6 Å². The van der Waals surface area contributed by atoms with Gasteiger partial charge >= 0.3 is 0 Å². The lowest BCUT2D eigenvalue weighted by Gasteiger charge is -2.34. The van der Waals surface area contributed by atoms with Crippen molar-refractivity contribution in [2.45, 2.75) is 4.90 Å². The predicted octanol–water partition coefficient (Wildman–Crippen LogP) is 2.66. The van der Waals surface area contributed by atoms with Gasteiger partial charge in [0, 0.05) is 31.1 Å². The number of benzene rings is 1. The Balaban J connectivity index is 1.83. The highest BCUT2D eigenvalue weighted by molar-refractivity contribution is 8.00. The van der Waals surface area contributed by atoms with Crippen molar-refractivity contribution in [1.29, 1.82) is 5.41 Å². The molecule has 0 spiro atoms. The van der Waals surface area contributed by atoms with Gasteiger partial charge in [0.2, 0.25) is 0 Å². The summed E-state index contributed by atoms with van der Waals surface area (Å²) in [5.41, 5.74) is 0. The molecule has 1 aliphatic heterocycles. The van der Waals surface area contributed by atoms with Crippen molar-refractivity contribution in [3.63, 3.8) is 0 Å². The number of rotatable bonds is 3. The lowest BCUT2D eigenvalue weighted by Crippen LogP contribution is -2.47. The second kappa shape index (κ2) is 6.45. The van der Waals surface area contributed by atoms with E-state index < -0.39 is 0 Å². The average Bonchev–Trinajstić information content (AvgIpc) is 2.38. The van der Waals surface area contributed by atoms with Gasteiger partial charge in [0.1, 0.15) is 5.84 Å². The summed E-state index contributed by atoms with van der Waals surface area (Å²) in [7, 11) is 2.12. The Morgan fingerprint density at radius 3 is 2.61 bits per heavy atom. The molecule has 5 heteroatoms. The smallest absolute Gasteiger partial charge is 0.106 e. The molecule has 0 radical (unpaired) electrons. The van der Waals surface area contributed by atoms with E-state index in [4.69, 9.17) is 17.0 Å². The molecule has 0 aliphatic carbocycles. The van der Waals surface area contributed by atoms with Crippen LogP contribution in [0.4, 0.5) is 0 Å². The lowest BCUT2D eigenvalue weighted by molar-refractivity contribution is 0.214. The van der Waals surface area contributed by atoms with E-state index in [1.165, 1.54) is 0 Å². The molecule has 1 N–H and O–H groups in total. The Labute approximate surface area is 118 Å². The van der Waals surface area contributed by atoms with E-state index in [-0.39, 0.29) is 0 Å². The van der Waals surface area contributed by atoms with Crippen LogP contribution in [0.3, 0.4) is 0 Å². The van der Waals surface area contributed by atoms with Crippen LogP contribution < -0.4 is 0 Å². The summed E-state index contributed by atoms with van der Waals surface area (Å²) in [5.74, 6) is 1.39. The average molecular weight is 284 g/mol. The van der Waals surface area contributed by atoms with E-state index in [2.05, 4.69) is 16.8 Å². The first kappa shape index (κ1) is 13.7. The Bertz CT molecular complexity index is 416. The zero-order chi connectivity index (χ0) is 13.0. The minimum absolute atomic E-state index is 0.688. The van der Waals surface area contributed by atoms with E-state index in [1.54, 1.807) is 11.8 Å². The van der Waals surface area contributed by atoms with Gasteiger partial charge < -0.3 is 9.80 Å². The predicted molar refractivity (Wildman–Crippen MR) is 79.0 cm³/mol. The number of amidine groups is 1. The van der Waals surface area contributed by atoms with E-state index in [9.17, 15) is 0 Å². The van der Waals surface area contributed by atoms with Crippen LogP contribution in [0.1, 0.15) is 0 Å². The number of nitrogens with one attached hydrogen (secondary N) is 1. The fourth-order valence-electron chi connectivity index (χ4n) is 1.88. The van der Waals surface area contributed by atoms with Crippen molar-refractivity contribution in [2.24, 2.45) is 0 Å². The maximum atomic E-state index is 8.11. The van der Waals surface area contributed by atoms with Crippen LogP contribution in [0.2, 0.25) is 5.02 Å². The number of nitrogens with zero attached hydrogens (tertiary/aromatic N) is 2. The monoisotopic (exact) mass is 283 g/mol. The number of hydrogen-bond donors (Lipinski definition) is 1. The summed E-state index contributed by atoms with van der Waals surface area (Å²) in [6.45, 7) is 4.00. The molecular weight excluding hydrogens is 266 g/mol. The summed E-state index contributed by atoms with van der Waals surface area (Å²) < 4.78 is 0. The molecule has 1 aliphatic rings. The fourth-order valence-corrected chi connectivity index (χ4v) is 3.03. The molecule has 98 valence electrons. The fraction of sp³-hybridized carbons (Fsp3) is 0.462. The Hall–Kier alpha value is -0.710. The molecule has 2 rings (SSSR count). The first-order valence-electron chi connectivity index (χ1n) is 6.05. The molecule has 1 fully saturated rings. The number of halogens is 1. The lowest BCUT2D eigenvalue weighted by atomic mass is 10.3. The van der Waals surface area contributed by atoms with Crippen LogP contribution in [0.15, 0.2) is 29.2 Å². The van der Waals surface area contributed by atoms with Gasteiger partial charge in [-0.2, -0.15) is 0 Å². The molecular formula is C13H18ClN3S. The van der Waals surface area contributed by atoms with Crippen LogP contribution in [-0.2, 0) is 0 Å². The third-order valence-corrected chi connectivity index (χ3v) is 4.61. The number of likely N-dealkylation sites (N-methyl/N-ethyl adjacent to an activating group) is 1. The highest BCUT2D eigenvalue weighted by Crippen LogP contribution is 2.26. The topological polar surface area (TPSA) is 30.3 Å². The standard InChI is InChI=1S/C13H18ClN3S/c1-16-6-8-17(9-7-16)13(15)10-18-12-5-3-2-4-11(12)14/h2-5,15H,6-10H2,1H3. The third-order valence-electron chi connectivity index (χ3n) is 3.09. The summed E-state index contributed by atoms with van der Waals surface area (Å²) in [5, 5.41) is 8.88. The van der Waals surface area contributed by atoms with Gasteiger partial charge in [0.05, 0.1) is 10.8 Å². The highest BCUT2D eigenvalue weighted by Gasteiger charge is 2.16. The Morgan fingerprint density at radius 1 is 1.28 bits per heavy atom. The van der Waals surface area contributed by atoms with Gasteiger partial charge in [0.25, 0.3) is 0 Å². The molecule has 1 aromatic rings. The second-order valence-corrected chi connectivity index (χ2v) is 5.88. The zero-order valence-electron chi connectivity index (χ0n) is 10.5. The van der Waals surface area contributed by atoms with Gasteiger partial charge in [0.15, 0.2) is 0 Å². The maximum Gasteiger partial charge on any atom is 0.106 e. The van der Waals surface area contributed by atoms with E-state index >= 15 is 0 Å². The van der Waals surface area contributed by atoms with Crippen LogP contribution in [0.25, 0.3) is 0 Å². The molecule has 1 aromatic carbocycles. The van der Waals surface area contributed by atoms with Crippen LogP contribution >= 0.6 is 23.4 Å². The summed E-state index contributed by atoms with van der Waals surface area (Å²) >= 11 is 7.74. The molecule has 3 nitrogen and oxygen atoms in total. The highest BCUT2D eigenvalue weighted by atomic mass is 35.5. The molecule has 0 amide bonds. The van der Waals surface area contributed by atoms with Gasteiger partial charge in [-0.15, -0.1) is 11.8 Å². The second-order valence-electron chi connectivity index (χ2n) is 4.46. The van der Waals surface area contributed by atoms with E-state index in [1.807, 2.05) is 24.3 Å². The molecule has 0 bridgehead atoms. The van der Waals surface area contributed by atoms with Gasteiger partial charge in [-0.25, -0.2) is 0 Å². The number of hydrogen-bond acceptors (Lipinski definition) is 3. The molecule has 18 heavy (non-hydrogen) atoms. The molecule has 1 heterocycles. The quantitative estimate of drug-likeness (QED) is 0.526. The Morgan fingerprint density at radius 2 is 1.94 bits per heavy atom. The minimum Gasteiger partial charge on any atom is -0.357 e. The number of piperazine rings is 1. The van der Waals surface area contributed by atoms with Crippen molar-refractivity contribution < 1.29 is 0 Å². The minimum atomic E-state index is 0.688. The van der Waals surface area contributed by atoms with Crippen molar-refractivity contribution >= 4 is 29.2 Å². The SMILES string of the molecule is CN1CCN(C(=N)CSc2ccccc2Cl)CC1. The van der Waals surface area contributed by atoms with E-state index in [0.717, 1.165) is 36.1 Å². The number of thioether (sulfide) groups is 1. The third kappa shape index (κ3) is 3.64. The zero-order valence-corrected chi connectivity index (χ0v) is 12.1. The van der Waals surface area contributed by atoms with Crippen LogP contribution in [0, 0.1) is 5.41 Å². The molecule has 0 atom stereocenters. The largest absolute Gasteiger partial charge is 0.357 e. The summed E-state index contributed by atoms with van der Waals surface area (Å²) in [4.78, 5) is 5.51.